The number of hydrogen-bond donors (Lipinski definition) is 0. The second-order valence-electron chi connectivity index (χ2n) is 16.8. The van der Waals surface area contributed by atoms with Crippen molar-refractivity contribution < 1.29 is 0 Å². The van der Waals surface area contributed by atoms with Gasteiger partial charge in [-0.05, 0) is 42.9 Å². The van der Waals surface area contributed by atoms with Crippen molar-refractivity contribution in [2.75, 3.05) is 0 Å². The summed E-state index contributed by atoms with van der Waals surface area (Å²) in [6.45, 7) is 9.41. The van der Waals surface area contributed by atoms with Crippen LogP contribution in [0.25, 0.3) is 0 Å². The van der Waals surface area contributed by atoms with E-state index in [0.29, 0.717) is 5.41 Å². The van der Waals surface area contributed by atoms with Crippen molar-refractivity contribution in [2.45, 2.75) is 278 Å². The third-order valence-corrected chi connectivity index (χ3v) is 12.2. The van der Waals surface area contributed by atoms with Gasteiger partial charge >= 0.3 is 0 Å². The van der Waals surface area contributed by atoms with E-state index in [1.54, 1.807) is 51.4 Å². The minimum atomic E-state index is 0.693. The maximum Gasteiger partial charge on any atom is -0.0292 e. The third kappa shape index (κ3) is 25.9. The minimum Gasteiger partial charge on any atom is -0.0654 e. The lowest BCUT2D eigenvalue weighted by Crippen LogP contribution is -2.30. The minimum absolute atomic E-state index is 0.693. The first kappa shape index (κ1) is 44.0. The smallest absolute Gasteiger partial charge is 0.0292 e. The standard InChI is InChI=1S/C46H92/c1-5-9-13-17-21-23-27-32-38-44(36-30-25-19-15-11-7-3)42-46(40-34-29-35-41-46)43-45(37-31-26-20-16-12-8-4)39-33-28-24-22-18-14-10-6-2/h44-45H,5-43H2,1-4H3. The first-order valence-corrected chi connectivity index (χ1v) is 22.7. The molecule has 1 aliphatic carbocycles. The average molecular weight is 645 g/mol. The van der Waals surface area contributed by atoms with Crippen LogP contribution < -0.4 is 0 Å². The van der Waals surface area contributed by atoms with Crippen LogP contribution in [0.1, 0.15) is 278 Å². The van der Waals surface area contributed by atoms with E-state index in [1.807, 2.05) is 0 Å². The fourth-order valence-electron chi connectivity index (χ4n) is 9.28. The highest BCUT2D eigenvalue weighted by Crippen LogP contribution is 2.49. The zero-order valence-corrected chi connectivity index (χ0v) is 33.2. The summed E-state index contributed by atoms with van der Waals surface area (Å²) in [5, 5.41) is 0. The van der Waals surface area contributed by atoms with Gasteiger partial charge in [0.1, 0.15) is 0 Å². The van der Waals surface area contributed by atoms with Crippen LogP contribution in [0.5, 0.6) is 0 Å². The van der Waals surface area contributed by atoms with Crippen molar-refractivity contribution >= 4 is 0 Å². The summed E-state index contributed by atoms with van der Waals surface area (Å²) >= 11 is 0. The molecule has 276 valence electrons. The summed E-state index contributed by atoms with van der Waals surface area (Å²) in [5.41, 5.74) is 0.693. The Bertz CT molecular complexity index is 527. The highest BCUT2D eigenvalue weighted by molar-refractivity contribution is 4.88. The Kier molecular flexibility index (Phi) is 32.1. The van der Waals surface area contributed by atoms with Gasteiger partial charge in [-0.25, -0.2) is 0 Å². The highest BCUT2D eigenvalue weighted by atomic mass is 14.4. The zero-order valence-electron chi connectivity index (χ0n) is 33.2. The van der Waals surface area contributed by atoms with Gasteiger partial charge in [-0.3, -0.25) is 0 Å². The van der Waals surface area contributed by atoms with Crippen LogP contribution in [0.15, 0.2) is 0 Å². The molecule has 0 aliphatic heterocycles. The Balaban J connectivity index is 2.77. The first-order valence-electron chi connectivity index (χ1n) is 22.7. The third-order valence-electron chi connectivity index (χ3n) is 12.2. The van der Waals surface area contributed by atoms with Crippen LogP contribution in [0.4, 0.5) is 0 Å². The molecule has 0 spiro atoms. The van der Waals surface area contributed by atoms with E-state index >= 15 is 0 Å². The lowest BCUT2D eigenvalue weighted by molar-refractivity contribution is 0.0900. The molecular weight excluding hydrogens is 553 g/mol. The molecule has 0 amide bonds. The highest BCUT2D eigenvalue weighted by Gasteiger charge is 2.36. The molecule has 0 N–H and O–H groups in total. The predicted molar refractivity (Wildman–Crippen MR) is 212 cm³/mol. The SMILES string of the molecule is CCCCCCCCCCC(CCCCCCCC)CC1(CC(CCCCCCCC)CCCCCCCCCC)CCCCC1. The van der Waals surface area contributed by atoms with Gasteiger partial charge in [0, 0.05) is 0 Å². The predicted octanol–water partition coefficient (Wildman–Crippen LogP) is 17.5. The Morgan fingerprint density at radius 3 is 0.804 bits per heavy atom. The molecule has 2 unspecified atom stereocenters. The van der Waals surface area contributed by atoms with Crippen molar-refractivity contribution in [3.63, 3.8) is 0 Å². The van der Waals surface area contributed by atoms with Gasteiger partial charge in [0.15, 0.2) is 0 Å². The molecule has 0 aromatic heterocycles. The molecule has 1 rings (SSSR count). The Morgan fingerprint density at radius 2 is 0.543 bits per heavy atom. The van der Waals surface area contributed by atoms with Crippen molar-refractivity contribution in [2.24, 2.45) is 17.3 Å². The van der Waals surface area contributed by atoms with Crippen LogP contribution >= 0.6 is 0 Å². The Hall–Kier alpha value is 0. The van der Waals surface area contributed by atoms with Crippen LogP contribution in [0.2, 0.25) is 0 Å². The summed E-state index contributed by atoms with van der Waals surface area (Å²) in [5.74, 6) is 2.03. The largest absolute Gasteiger partial charge is 0.0654 e. The fraction of sp³-hybridized carbons (Fsp3) is 1.00. The van der Waals surface area contributed by atoms with E-state index in [9.17, 15) is 0 Å². The molecule has 0 aromatic rings. The summed E-state index contributed by atoms with van der Waals surface area (Å²) in [6, 6.07) is 0. The molecule has 0 saturated heterocycles. The topological polar surface area (TPSA) is 0 Å². The van der Waals surface area contributed by atoms with E-state index in [0.717, 1.165) is 11.8 Å². The number of unbranched alkanes of at least 4 members (excludes halogenated alkanes) is 24. The molecular formula is C46H92. The summed E-state index contributed by atoms with van der Waals surface area (Å²) in [7, 11) is 0. The molecule has 2 atom stereocenters. The summed E-state index contributed by atoms with van der Waals surface area (Å²) < 4.78 is 0. The molecule has 0 radical (unpaired) electrons. The fourth-order valence-corrected chi connectivity index (χ4v) is 9.28. The average Bonchev–Trinajstić information content (AvgIpc) is 3.06. The van der Waals surface area contributed by atoms with Gasteiger partial charge in [0.05, 0.1) is 0 Å². The van der Waals surface area contributed by atoms with Gasteiger partial charge in [-0.2, -0.15) is 0 Å². The molecule has 0 heterocycles. The Morgan fingerprint density at radius 1 is 0.304 bits per heavy atom. The van der Waals surface area contributed by atoms with E-state index in [2.05, 4.69) is 27.7 Å². The van der Waals surface area contributed by atoms with Gasteiger partial charge in [0.25, 0.3) is 0 Å². The van der Waals surface area contributed by atoms with Crippen molar-refractivity contribution in [3.8, 4) is 0 Å². The van der Waals surface area contributed by atoms with E-state index in [1.165, 1.54) is 199 Å². The van der Waals surface area contributed by atoms with Gasteiger partial charge < -0.3 is 0 Å². The number of rotatable bonds is 36. The van der Waals surface area contributed by atoms with Crippen molar-refractivity contribution in [3.05, 3.63) is 0 Å². The maximum atomic E-state index is 2.36. The van der Waals surface area contributed by atoms with Crippen LogP contribution in [0, 0.1) is 17.3 Å². The van der Waals surface area contributed by atoms with E-state index in [-0.39, 0.29) is 0 Å². The van der Waals surface area contributed by atoms with Crippen LogP contribution in [0.3, 0.4) is 0 Å². The van der Waals surface area contributed by atoms with Gasteiger partial charge in [-0.15, -0.1) is 0 Å². The van der Waals surface area contributed by atoms with Crippen LogP contribution in [-0.4, -0.2) is 0 Å². The van der Waals surface area contributed by atoms with Gasteiger partial charge in [0.2, 0.25) is 0 Å². The van der Waals surface area contributed by atoms with E-state index in [4.69, 9.17) is 0 Å². The molecule has 0 aromatic carbocycles. The second-order valence-corrected chi connectivity index (χ2v) is 16.8. The normalized spacial score (nSPS) is 16.2. The zero-order chi connectivity index (χ0) is 33.2. The number of hydrogen-bond acceptors (Lipinski definition) is 0. The molecule has 46 heavy (non-hydrogen) atoms. The molecule has 0 heteroatoms. The Labute approximate surface area is 294 Å². The van der Waals surface area contributed by atoms with Crippen LogP contribution in [-0.2, 0) is 0 Å². The monoisotopic (exact) mass is 645 g/mol. The summed E-state index contributed by atoms with van der Waals surface area (Å²) in [4.78, 5) is 0. The molecule has 1 saturated carbocycles. The lowest BCUT2D eigenvalue weighted by Gasteiger charge is -2.43. The van der Waals surface area contributed by atoms with E-state index < -0.39 is 0 Å². The molecule has 0 bridgehead atoms. The quantitative estimate of drug-likeness (QED) is 0.0595. The summed E-state index contributed by atoms with van der Waals surface area (Å²) in [6.07, 6.45) is 58.3. The molecule has 1 fully saturated rings. The maximum absolute atomic E-state index is 2.36. The van der Waals surface area contributed by atoms with Crippen molar-refractivity contribution in [1.82, 2.24) is 0 Å². The molecule has 1 aliphatic rings. The van der Waals surface area contributed by atoms with Crippen molar-refractivity contribution in [1.29, 1.82) is 0 Å². The lowest BCUT2D eigenvalue weighted by atomic mass is 9.63. The first-order chi connectivity index (χ1) is 22.7. The second kappa shape index (κ2) is 33.5. The van der Waals surface area contributed by atoms with Gasteiger partial charge in [-0.1, -0.05) is 252 Å². The molecule has 0 nitrogen and oxygen atoms in total.